The summed E-state index contributed by atoms with van der Waals surface area (Å²) in [6.45, 7) is 6.40. The standard InChI is InChI=1S/C10H13N2.W/c1-8(2)12-6-4-9-7-11-5-3-10(9)12;/h3-8,11H,1-2H3;/q-1;. The van der Waals surface area contributed by atoms with E-state index in [-0.39, 0.29) is 21.1 Å². The van der Waals surface area contributed by atoms with Crippen LogP contribution in [-0.4, -0.2) is 4.57 Å². The molecule has 3 heteroatoms. The molecular formula is C10H13N2W-. The molecule has 0 saturated heterocycles. The summed E-state index contributed by atoms with van der Waals surface area (Å²) in [5.41, 5.74) is 2.56. The molecule has 1 aliphatic rings. The fourth-order valence-electron chi connectivity index (χ4n) is 1.49. The van der Waals surface area contributed by atoms with E-state index < -0.39 is 0 Å². The van der Waals surface area contributed by atoms with Crippen molar-refractivity contribution in [2.45, 2.75) is 19.9 Å². The minimum absolute atomic E-state index is 0. The van der Waals surface area contributed by atoms with E-state index in [0.29, 0.717) is 6.04 Å². The fourth-order valence-corrected chi connectivity index (χ4v) is 1.49. The van der Waals surface area contributed by atoms with Crippen LogP contribution in [0, 0.1) is 6.54 Å². The normalized spacial score (nSPS) is 12.8. The van der Waals surface area contributed by atoms with Gasteiger partial charge in [0.1, 0.15) is 0 Å². The zero-order valence-corrected chi connectivity index (χ0v) is 10.8. The van der Waals surface area contributed by atoms with E-state index >= 15 is 0 Å². The van der Waals surface area contributed by atoms with Crippen LogP contribution < -0.4 is 5.32 Å². The number of aromatic nitrogens is 1. The van der Waals surface area contributed by atoms with E-state index in [1.165, 1.54) is 11.3 Å². The van der Waals surface area contributed by atoms with Crippen LogP contribution >= 0.6 is 0 Å². The van der Waals surface area contributed by atoms with Gasteiger partial charge in [0.25, 0.3) is 0 Å². The average molecular weight is 345 g/mol. The van der Waals surface area contributed by atoms with Gasteiger partial charge in [-0.15, -0.1) is 11.6 Å². The summed E-state index contributed by atoms with van der Waals surface area (Å²) >= 11 is 0. The molecule has 0 unspecified atom stereocenters. The molecule has 1 aromatic rings. The SMILES string of the molecule is CC(C)n1ccc2c1C=CN[CH-]2.[W]. The molecule has 0 bridgehead atoms. The summed E-state index contributed by atoms with van der Waals surface area (Å²) in [5.74, 6) is 0. The van der Waals surface area contributed by atoms with Gasteiger partial charge < -0.3 is 9.88 Å². The van der Waals surface area contributed by atoms with Crippen LogP contribution in [0.25, 0.3) is 6.08 Å². The Labute approximate surface area is 93.3 Å². The number of rotatable bonds is 1. The van der Waals surface area contributed by atoms with Crippen molar-refractivity contribution < 1.29 is 21.1 Å². The Morgan fingerprint density at radius 1 is 1.46 bits per heavy atom. The molecule has 2 rings (SSSR count). The zero-order valence-electron chi connectivity index (χ0n) is 7.82. The molecule has 2 heterocycles. The second-order valence-corrected chi connectivity index (χ2v) is 3.30. The minimum atomic E-state index is 0. The van der Waals surface area contributed by atoms with E-state index in [1.54, 1.807) is 0 Å². The van der Waals surface area contributed by atoms with Crippen LogP contribution in [-0.2, 0) is 21.1 Å². The smallest absolute Gasteiger partial charge is 0.0150 e. The Hall–Kier alpha value is -0.622. The maximum atomic E-state index is 3.07. The van der Waals surface area contributed by atoms with Crippen LogP contribution in [0.1, 0.15) is 31.1 Å². The third kappa shape index (κ3) is 1.83. The molecule has 0 aliphatic carbocycles. The fraction of sp³-hybridized carbons (Fsp3) is 0.300. The molecule has 1 N–H and O–H groups in total. The van der Waals surface area contributed by atoms with Gasteiger partial charge in [-0.25, -0.2) is 0 Å². The maximum Gasteiger partial charge on any atom is 0.0150 e. The van der Waals surface area contributed by atoms with Crippen molar-refractivity contribution in [2.24, 2.45) is 0 Å². The molecule has 0 atom stereocenters. The van der Waals surface area contributed by atoms with Crippen molar-refractivity contribution in [3.8, 4) is 0 Å². The van der Waals surface area contributed by atoms with E-state index in [1.807, 2.05) is 12.7 Å². The first kappa shape index (κ1) is 10.5. The van der Waals surface area contributed by atoms with Gasteiger partial charge in [0, 0.05) is 27.1 Å². The molecule has 0 saturated carbocycles. The van der Waals surface area contributed by atoms with Crippen molar-refractivity contribution in [3.63, 3.8) is 0 Å². The number of nitrogens with zero attached hydrogens (tertiary/aromatic N) is 1. The summed E-state index contributed by atoms with van der Waals surface area (Å²) in [4.78, 5) is 0. The van der Waals surface area contributed by atoms with Gasteiger partial charge in [0.15, 0.2) is 0 Å². The second-order valence-electron chi connectivity index (χ2n) is 3.30. The van der Waals surface area contributed by atoms with Crippen LogP contribution in [0.4, 0.5) is 0 Å². The number of nitrogens with one attached hydrogen (secondary N) is 1. The molecule has 1 aromatic heterocycles. The molecule has 13 heavy (non-hydrogen) atoms. The summed E-state index contributed by atoms with van der Waals surface area (Å²) < 4.78 is 2.27. The van der Waals surface area contributed by atoms with Gasteiger partial charge in [0.05, 0.1) is 0 Å². The van der Waals surface area contributed by atoms with Gasteiger partial charge in [-0.2, -0.15) is 0 Å². The molecule has 0 fully saturated rings. The largest absolute Gasteiger partial charge is 0.421 e. The first-order valence-electron chi connectivity index (χ1n) is 4.25. The predicted molar refractivity (Wildman–Crippen MR) is 50.4 cm³/mol. The number of hydrogen-bond acceptors (Lipinski definition) is 1. The van der Waals surface area contributed by atoms with E-state index in [2.05, 4.69) is 42.1 Å². The summed E-state index contributed by atoms with van der Waals surface area (Å²) in [6, 6.07) is 2.66. The van der Waals surface area contributed by atoms with Crippen LogP contribution in [0.15, 0.2) is 18.5 Å². The van der Waals surface area contributed by atoms with E-state index in [9.17, 15) is 0 Å². The van der Waals surface area contributed by atoms with Crippen LogP contribution in [0.3, 0.4) is 0 Å². The molecule has 0 radical (unpaired) electrons. The Balaban J connectivity index is 0.000000845. The van der Waals surface area contributed by atoms with E-state index in [0.717, 1.165) is 0 Å². The van der Waals surface area contributed by atoms with Gasteiger partial charge in [-0.05, 0) is 20.0 Å². The molecule has 0 aromatic carbocycles. The quantitative estimate of drug-likeness (QED) is 0.772. The van der Waals surface area contributed by atoms with E-state index in [4.69, 9.17) is 0 Å². The first-order chi connectivity index (χ1) is 5.79. The van der Waals surface area contributed by atoms with Crippen LogP contribution in [0.2, 0.25) is 0 Å². The Morgan fingerprint density at radius 3 is 2.92 bits per heavy atom. The van der Waals surface area contributed by atoms with Crippen molar-refractivity contribution in [1.82, 2.24) is 9.88 Å². The minimum Gasteiger partial charge on any atom is -0.421 e. The number of fused-ring (bicyclic) bond motifs is 1. The van der Waals surface area contributed by atoms with Gasteiger partial charge in [0.2, 0.25) is 0 Å². The van der Waals surface area contributed by atoms with Gasteiger partial charge in [-0.3, -0.25) is 0 Å². The second kappa shape index (κ2) is 4.06. The molecular weight excluding hydrogens is 332 g/mol. The topological polar surface area (TPSA) is 17.0 Å². The summed E-state index contributed by atoms with van der Waals surface area (Å²) in [5, 5.41) is 3.07. The molecule has 0 amide bonds. The third-order valence-electron chi connectivity index (χ3n) is 2.12. The summed E-state index contributed by atoms with van der Waals surface area (Å²) in [6.07, 6.45) is 6.19. The molecule has 2 nitrogen and oxygen atoms in total. The Bertz CT molecular complexity index is 313. The molecule has 1 aliphatic heterocycles. The molecule has 0 spiro atoms. The summed E-state index contributed by atoms with van der Waals surface area (Å²) in [7, 11) is 0. The zero-order chi connectivity index (χ0) is 8.55. The first-order valence-corrected chi connectivity index (χ1v) is 4.25. The maximum absolute atomic E-state index is 3.07. The molecule has 70 valence electrons. The monoisotopic (exact) mass is 345 g/mol. The Kier molecular flexibility index (Phi) is 3.26. The van der Waals surface area contributed by atoms with Crippen molar-refractivity contribution >= 4 is 6.08 Å². The number of hydrogen-bond donors (Lipinski definition) is 1. The van der Waals surface area contributed by atoms with Crippen molar-refractivity contribution in [3.05, 3.63) is 36.3 Å². The van der Waals surface area contributed by atoms with Crippen molar-refractivity contribution in [1.29, 1.82) is 0 Å². The average Bonchev–Trinajstić information content (AvgIpc) is 2.47. The van der Waals surface area contributed by atoms with Gasteiger partial charge >= 0.3 is 0 Å². The van der Waals surface area contributed by atoms with Crippen molar-refractivity contribution in [2.75, 3.05) is 0 Å². The van der Waals surface area contributed by atoms with Gasteiger partial charge in [-0.1, -0.05) is 24.5 Å². The Morgan fingerprint density at radius 2 is 2.23 bits per heavy atom. The van der Waals surface area contributed by atoms with Crippen LogP contribution in [0.5, 0.6) is 0 Å². The third-order valence-corrected chi connectivity index (χ3v) is 2.12. The predicted octanol–water partition coefficient (Wildman–Crippen LogP) is 2.15.